The average molecular weight is 352 g/mol. The van der Waals surface area contributed by atoms with Crippen LogP contribution in [-0.4, -0.2) is 30.8 Å². The summed E-state index contributed by atoms with van der Waals surface area (Å²) in [6.45, 7) is 5.30. The van der Waals surface area contributed by atoms with Crippen LogP contribution in [-0.2, 0) is 12.8 Å². The summed E-state index contributed by atoms with van der Waals surface area (Å²) in [5.41, 5.74) is 3.93. The number of rotatable bonds is 4. The second kappa shape index (κ2) is 6.63. The molecule has 1 aromatic carbocycles. The molecule has 0 saturated heterocycles. The number of anilines is 1. The number of fused-ring (bicyclic) bond motifs is 2. The van der Waals surface area contributed by atoms with Gasteiger partial charge in [0.2, 0.25) is 0 Å². The molecule has 0 radical (unpaired) electrons. The summed E-state index contributed by atoms with van der Waals surface area (Å²) >= 11 is 0. The molecule has 0 saturated carbocycles. The topological polar surface area (TPSA) is 62.6 Å². The quantitative estimate of drug-likeness (QED) is 0.917. The van der Waals surface area contributed by atoms with Crippen molar-refractivity contribution in [1.29, 1.82) is 0 Å². The lowest BCUT2D eigenvalue weighted by Gasteiger charge is -2.24. The lowest BCUT2D eigenvalue weighted by atomic mass is 9.94. The SMILES string of the molecule is Cc1c(C(=O)NCCN2c3ccccc3C[C@H]2C)oc2c1C(=O)CCC2. The molecular weight excluding hydrogens is 328 g/mol. The first-order valence-electron chi connectivity index (χ1n) is 9.34. The fourth-order valence-corrected chi connectivity index (χ4v) is 4.21. The van der Waals surface area contributed by atoms with Crippen LogP contribution in [0.3, 0.4) is 0 Å². The van der Waals surface area contributed by atoms with Crippen LogP contribution in [0.25, 0.3) is 0 Å². The molecule has 4 rings (SSSR count). The summed E-state index contributed by atoms with van der Waals surface area (Å²) in [4.78, 5) is 27.0. The Balaban J connectivity index is 1.42. The van der Waals surface area contributed by atoms with Crippen molar-refractivity contribution in [2.24, 2.45) is 0 Å². The van der Waals surface area contributed by atoms with Gasteiger partial charge in [-0.05, 0) is 38.3 Å². The van der Waals surface area contributed by atoms with Crippen LogP contribution in [0.1, 0.15) is 57.6 Å². The Labute approximate surface area is 153 Å². The van der Waals surface area contributed by atoms with E-state index in [0.29, 0.717) is 41.7 Å². The maximum absolute atomic E-state index is 12.6. The molecule has 1 aliphatic carbocycles. The van der Waals surface area contributed by atoms with E-state index in [-0.39, 0.29) is 11.7 Å². The highest BCUT2D eigenvalue weighted by Gasteiger charge is 2.29. The Morgan fingerprint density at radius 1 is 1.31 bits per heavy atom. The van der Waals surface area contributed by atoms with E-state index in [1.807, 2.05) is 0 Å². The maximum atomic E-state index is 12.6. The highest BCUT2D eigenvalue weighted by Crippen LogP contribution is 2.31. The number of carbonyl (C=O) groups excluding carboxylic acids is 2. The third-order valence-electron chi connectivity index (χ3n) is 5.50. The average Bonchev–Trinajstić information content (AvgIpc) is 3.13. The van der Waals surface area contributed by atoms with E-state index in [9.17, 15) is 9.59 Å². The summed E-state index contributed by atoms with van der Waals surface area (Å²) in [6.07, 6.45) is 3.11. The number of aryl methyl sites for hydroxylation is 1. The Bertz CT molecular complexity index is 868. The van der Waals surface area contributed by atoms with Crippen LogP contribution in [0.15, 0.2) is 28.7 Å². The molecule has 0 spiro atoms. The van der Waals surface area contributed by atoms with E-state index >= 15 is 0 Å². The Morgan fingerprint density at radius 3 is 2.92 bits per heavy atom. The van der Waals surface area contributed by atoms with Crippen LogP contribution in [0, 0.1) is 6.92 Å². The van der Waals surface area contributed by atoms with E-state index in [1.54, 1.807) is 6.92 Å². The predicted octanol–water partition coefficient (Wildman–Crippen LogP) is 3.29. The zero-order chi connectivity index (χ0) is 18.3. The van der Waals surface area contributed by atoms with Gasteiger partial charge in [0.1, 0.15) is 5.76 Å². The summed E-state index contributed by atoms with van der Waals surface area (Å²) in [7, 11) is 0. The number of furan rings is 1. The van der Waals surface area contributed by atoms with Gasteiger partial charge >= 0.3 is 0 Å². The number of amides is 1. The second-order valence-electron chi connectivity index (χ2n) is 7.26. The van der Waals surface area contributed by atoms with Gasteiger partial charge in [-0.2, -0.15) is 0 Å². The lowest BCUT2D eigenvalue weighted by Crippen LogP contribution is -2.37. The van der Waals surface area contributed by atoms with E-state index in [4.69, 9.17) is 4.42 Å². The van der Waals surface area contributed by atoms with Gasteiger partial charge in [0.25, 0.3) is 5.91 Å². The molecule has 1 amide bonds. The van der Waals surface area contributed by atoms with Crippen LogP contribution in [0.2, 0.25) is 0 Å². The molecule has 1 atom stereocenters. The number of Topliss-reactive ketones (excluding diaryl/α,β-unsaturated/α-hetero) is 1. The number of benzene rings is 1. The van der Waals surface area contributed by atoms with Crippen molar-refractivity contribution < 1.29 is 14.0 Å². The predicted molar refractivity (Wildman–Crippen MR) is 100 cm³/mol. The number of para-hydroxylation sites is 1. The first kappa shape index (κ1) is 16.9. The summed E-state index contributed by atoms with van der Waals surface area (Å²) in [5, 5.41) is 2.96. The van der Waals surface area contributed by atoms with Gasteiger partial charge in [0.05, 0.1) is 5.56 Å². The third kappa shape index (κ3) is 2.81. The van der Waals surface area contributed by atoms with Gasteiger partial charge in [-0.15, -0.1) is 0 Å². The summed E-state index contributed by atoms with van der Waals surface area (Å²) in [5.74, 6) is 0.824. The van der Waals surface area contributed by atoms with Crippen molar-refractivity contribution in [1.82, 2.24) is 5.32 Å². The molecule has 2 aliphatic rings. The molecule has 2 heterocycles. The van der Waals surface area contributed by atoms with Gasteiger partial charge < -0.3 is 14.6 Å². The van der Waals surface area contributed by atoms with Crippen LogP contribution < -0.4 is 10.2 Å². The van der Waals surface area contributed by atoms with Gasteiger partial charge in [0.15, 0.2) is 11.5 Å². The van der Waals surface area contributed by atoms with Gasteiger partial charge in [-0.3, -0.25) is 9.59 Å². The molecule has 2 aromatic rings. The number of carbonyl (C=O) groups is 2. The van der Waals surface area contributed by atoms with Crippen LogP contribution in [0.4, 0.5) is 5.69 Å². The molecule has 0 bridgehead atoms. The van der Waals surface area contributed by atoms with Gasteiger partial charge in [-0.25, -0.2) is 0 Å². The number of hydrogen-bond donors (Lipinski definition) is 1. The minimum absolute atomic E-state index is 0.0917. The van der Waals surface area contributed by atoms with Crippen molar-refractivity contribution in [2.45, 2.75) is 45.6 Å². The number of nitrogens with zero attached hydrogens (tertiary/aromatic N) is 1. The van der Waals surface area contributed by atoms with Crippen molar-refractivity contribution in [3.63, 3.8) is 0 Å². The summed E-state index contributed by atoms with van der Waals surface area (Å²) in [6, 6.07) is 8.85. The molecule has 0 unspecified atom stereocenters. The zero-order valence-corrected chi connectivity index (χ0v) is 15.3. The fraction of sp³-hybridized carbons (Fsp3) is 0.429. The minimum atomic E-state index is -0.232. The molecule has 1 aliphatic heterocycles. The van der Waals surface area contributed by atoms with Crippen LogP contribution in [0.5, 0.6) is 0 Å². The number of hydrogen-bond acceptors (Lipinski definition) is 4. The zero-order valence-electron chi connectivity index (χ0n) is 15.3. The third-order valence-corrected chi connectivity index (χ3v) is 5.50. The van der Waals surface area contributed by atoms with Crippen molar-refractivity contribution >= 4 is 17.4 Å². The van der Waals surface area contributed by atoms with Gasteiger partial charge in [0, 0.05) is 43.2 Å². The first-order chi connectivity index (χ1) is 12.6. The summed E-state index contributed by atoms with van der Waals surface area (Å²) < 4.78 is 5.72. The van der Waals surface area contributed by atoms with E-state index in [0.717, 1.165) is 25.8 Å². The Morgan fingerprint density at radius 2 is 2.12 bits per heavy atom. The van der Waals surface area contributed by atoms with Crippen LogP contribution >= 0.6 is 0 Å². The number of nitrogens with one attached hydrogen (secondary N) is 1. The highest BCUT2D eigenvalue weighted by atomic mass is 16.4. The molecule has 0 fully saturated rings. The largest absolute Gasteiger partial charge is 0.455 e. The maximum Gasteiger partial charge on any atom is 0.287 e. The smallest absolute Gasteiger partial charge is 0.287 e. The standard InChI is InChI=1S/C21H24N2O3/c1-13-12-15-6-3-4-7-16(15)23(13)11-10-22-21(25)20-14(2)19-17(24)8-5-9-18(19)26-20/h3-4,6-7,13H,5,8-12H2,1-2H3,(H,22,25)/t13-/m1/s1. The van der Waals surface area contributed by atoms with Crippen molar-refractivity contribution in [3.05, 3.63) is 52.5 Å². The normalized spacial score (nSPS) is 18.6. The van der Waals surface area contributed by atoms with E-state index in [1.165, 1.54) is 11.3 Å². The molecular formula is C21H24N2O3. The Kier molecular flexibility index (Phi) is 4.31. The Hall–Kier alpha value is -2.56. The van der Waals surface area contributed by atoms with E-state index in [2.05, 4.69) is 41.4 Å². The monoisotopic (exact) mass is 352 g/mol. The molecule has 26 heavy (non-hydrogen) atoms. The molecule has 5 nitrogen and oxygen atoms in total. The molecule has 1 aromatic heterocycles. The second-order valence-corrected chi connectivity index (χ2v) is 7.26. The van der Waals surface area contributed by atoms with E-state index < -0.39 is 0 Å². The molecule has 1 N–H and O–H groups in total. The van der Waals surface area contributed by atoms with Crippen molar-refractivity contribution in [3.8, 4) is 0 Å². The lowest BCUT2D eigenvalue weighted by molar-refractivity contribution is 0.0920. The van der Waals surface area contributed by atoms with Gasteiger partial charge in [-0.1, -0.05) is 18.2 Å². The number of ketones is 1. The molecule has 136 valence electrons. The molecule has 5 heteroatoms. The minimum Gasteiger partial charge on any atom is -0.455 e. The van der Waals surface area contributed by atoms with Crippen molar-refractivity contribution in [2.75, 3.05) is 18.0 Å². The first-order valence-corrected chi connectivity index (χ1v) is 9.34. The fourth-order valence-electron chi connectivity index (χ4n) is 4.21. The highest BCUT2D eigenvalue weighted by molar-refractivity contribution is 6.03.